The monoisotopic (exact) mass is 1760 g/mol. The minimum Gasteiger partial charge on any atom is -0.355 e. The van der Waals surface area contributed by atoms with Crippen molar-refractivity contribution >= 4 is 128 Å². The number of carbonyl (C=O) groups excluding carboxylic acids is 16. The number of hydrogen-bond donors (Lipinski definition) is 9. The Bertz CT molecular complexity index is 6170. The van der Waals surface area contributed by atoms with Gasteiger partial charge in [0.1, 0.15) is 40.1 Å². The van der Waals surface area contributed by atoms with Crippen LogP contribution in [-0.2, 0) is 127 Å². The van der Waals surface area contributed by atoms with E-state index in [-0.39, 0.29) is 193 Å². The van der Waals surface area contributed by atoms with Crippen molar-refractivity contribution in [3.63, 3.8) is 0 Å². The molecule has 0 aliphatic heterocycles. The predicted octanol–water partition coefficient (Wildman–Crippen LogP) is 8.33. The van der Waals surface area contributed by atoms with Crippen molar-refractivity contribution in [3.05, 3.63) is 213 Å². The van der Waals surface area contributed by atoms with Crippen molar-refractivity contribution in [2.24, 2.45) is 70.5 Å². The number of imidazole rings is 2. The molecule has 0 radical (unpaired) electrons. The van der Waals surface area contributed by atoms with Crippen LogP contribution in [0.4, 0.5) is 34.4 Å². The first-order valence-corrected chi connectivity index (χ1v) is 42.0. The molecule has 0 aromatic carbocycles. The first kappa shape index (κ1) is 94.7. The Balaban J connectivity index is 0.548. The molecule has 0 saturated carbocycles. The maximum Gasteiger partial charge on any atom is 0.291 e. The van der Waals surface area contributed by atoms with Gasteiger partial charge in [-0.05, 0) is 135 Å². The highest BCUT2D eigenvalue weighted by Crippen LogP contribution is 2.26. The van der Waals surface area contributed by atoms with Gasteiger partial charge < -0.3 is 98.1 Å². The van der Waals surface area contributed by atoms with Gasteiger partial charge in [-0.2, -0.15) is 0 Å². The van der Waals surface area contributed by atoms with E-state index in [1.54, 1.807) is 155 Å². The molecule has 0 spiro atoms. The lowest BCUT2D eigenvalue weighted by molar-refractivity contribution is -0.119. The topological polar surface area (TPSA) is 463 Å². The Kier molecular flexibility index (Phi) is 31.1. The van der Waals surface area contributed by atoms with E-state index in [1.165, 1.54) is 91.2 Å². The number of aromatic amines is 1. The van der Waals surface area contributed by atoms with Gasteiger partial charge in [0, 0.05) is 236 Å². The Hall–Kier alpha value is -15.0. The molecule has 11 heterocycles. The van der Waals surface area contributed by atoms with Crippen LogP contribution in [0, 0.1) is 0 Å². The Morgan fingerprint density at radius 3 is 1.09 bits per heavy atom. The molecule has 129 heavy (non-hydrogen) atoms. The van der Waals surface area contributed by atoms with Crippen molar-refractivity contribution in [2.75, 3.05) is 65.6 Å². The van der Waals surface area contributed by atoms with Crippen LogP contribution in [0.2, 0.25) is 0 Å². The molecule has 0 atom stereocenters. The van der Waals surface area contributed by atoms with E-state index >= 15 is 0 Å². The Morgan fingerprint density at radius 2 is 0.667 bits per heavy atom. The number of hydrogen-bond acceptors (Lipinski definition) is 19. The average Bonchev–Trinajstić information content (AvgIpc) is 1.68. The minimum absolute atomic E-state index is 0.0170. The summed E-state index contributed by atoms with van der Waals surface area (Å²) in [7, 11) is 20.6. The quantitative estimate of drug-likeness (QED) is 0.0128. The van der Waals surface area contributed by atoms with Gasteiger partial charge in [-0.25, -0.2) is 9.97 Å². The van der Waals surface area contributed by atoms with Gasteiger partial charge in [-0.3, -0.25) is 76.7 Å². The van der Waals surface area contributed by atoms with Crippen LogP contribution in [0.15, 0.2) is 123 Å². The zero-order valence-electron chi connectivity index (χ0n) is 74.5. The molecule has 38 nitrogen and oxygen atoms in total. The van der Waals surface area contributed by atoms with Gasteiger partial charge in [-0.1, -0.05) is 0 Å². The number of rotatable bonds is 47. The third kappa shape index (κ3) is 25.4. The summed E-state index contributed by atoms with van der Waals surface area (Å²) in [6.45, 7) is 2.30. The van der Waals surface area contributed by atoms with E-state index < -0.39 is 41.4 Å². The lowest BCUT2D eigenvalue weighted by Crippen LogP contribution is -2.29. The van der Waals surface area contributed by atoms with Crippen molar-refractivity contribution in [1.82, 2.24) is 76.2 Å². The highest BCUT2D eigenvalue weighted by atomic mass is 16.2. The second-order valence-electron chi connectivity index (χ2n) is 32.8. The van der Waals surface area contributed by atoms with Gasteiger partial charge in [0.25, 0.3) is 35.4 Å². The number of Topliss-reactive ketones (excluding diaryl/α,β-unsaturated/α-hetero) is 8. The predicted molar refractivity (Wildman–Crippen MR) is 479 cm³/mol. The van der Waals surface area contributed by atoms with E-state index in [1.807, 2.05) is 14.1 Å². The number of aromatic nitrogens is 13. The zero-order chi connectivity index (χ0) is 93.4. The lowest BCUT2D eigenvalue weighted by atomic mass is 10.0. The number of aryl methyl sites for hydroxylation is 10. The molecule has 9 N–H and O–H groups in total. The molecule has 0 aliphatic rings. The molecule has 0 aliphatic carbocycles. The molecule has 11 rings (SSSR count). The van der Waals surface area contributed by atoms with Crippen molar-refractivity contribution < 1.29 is 76.7 Å². The third-order valence-corrected chi connectivity index (χ3v) is 21.6. The van der Waals surface area contributed by atoms with E-state index in [0.29, 0.717) is 94.1 Å². The van der Waals surface area contributed by atoms with Gasteiger partial charge in [0.2, 0.25) is 23.5 Å². The van der Waals surface area contributed by atoms with Crippen LogP contribution in [0.5, 0.6) is 0 Å². The van der Waals surface area contributed by atoms with Crippen molar-refractivity contribution in [2.45, 2.75) is 116 Å². The molecular formula is C91H108N22O16. The average molecular weight is 1770 g/mol. The molecule has 0 saturated heterocycles. The summed E-state index contributed by atoms with van der Waals surface area (Å²) < 4.78 is 15.7. The molecule has 0 bridgehead atoms. The SMILES string of the molecule is CC(=O)Nc1cn(C)c(C(=O)Nc2cc(C(=O)Nc3cc(C(=O)NCCC(=O)Nc4cn(C)c(C(=O)Nc5cc(C(=O)Nc6c[nH]c(C(=O)NCCCC(=O)Cc7cc(C(=O)Cc8cc(C(=O)Cc9cc(C(=O)CCCC(=O)Cc%10cc(C(=O)Cc%11cc(C(=O)CCCC(=O)CCCCN(C)C)n(C)c%11)n(C)c%10)n(C)c9)n(C)c8)n(C)c7)c6)n(C)c5)n4)n(C)c3)n(C)c2)n1. The number of H-pyrrole nitrogens is 1. The Labute approximate surface area is 742 Å². The normalized spacial score (nSPS) is 11.2. The van der Waals surface area contributed by atoms with Gasteiger partial charge >= 0.3 is 0 Å². The number of unbranched alkanes of at least 4 members (excludes halogenated alkanes) is 1. The molecule has 38 heteroatoms. The van der Waals surface area contributed by atoms with E-state index in [2.05, 4.69) is 62.4 Å². The maximum atomic E-state index is 13.8. The fourth-order valence-corrected chi connectivity index (χ4v) is 15.3. The van der Waals surface area contributed by atoms with Gasteiger partial charge in [0.15, 0.2) is 40.6 Å². The van der Waals surface area contributed by atoms with Crippen LogP contribution < -0.4 is 42.5 Å². The van der Waals surface area contributed by atoms with E-state index in [4.69, 9.17) is 0 Å². The fraction of sp³-hybridized carbons (Fsp3) is 0.363. The molecule has 8 amide bonds. The minimum atomic E-state index is -0.667. The number of anilines is 6. The Morgan fingerprint density at radius 1 is 0.310 bits per heavy atom. The first-order chi connectivity index (χ1) is 61.3. The summed E-state index contributed by atoms with van der Waals surface area (Å²) in [5.74, 6) is -5.05. The van der Waals surface area contributed by atoms with Gasteiger partial charge in [-0.15, -0.1) is 0 Å². The zero-order valence-corrected chi connectivity index (χ0v) is 74.5. The summed E-state index contributed by atoms with van der Waals surface area (Å²) >= 11 is 0. The first-order valence-electron chi connectivity index (χ1n) is 42.0. The highest BCUT2D eigenvalue weighted by molar-refractivity contribution is 6.09. The second kappa shape index (κ2) is 42.3. The smallest absolute Gasteiger partial charge is 0.291 e. The summed E-state index contributed by atoms with van der Waals surface area (Å²) in [5.41, 5.74) is 6.93. The van der Waals surface area contributed by atoms with Crippen molar-refractivity contribution in [1.29, 1.82) is 0 Å². The van der Waals surface area contributed by atoms with Crippen molar-refractivity contribution in [3.8, 4) is 0 Å². The number of nitrogens with one attached hydrogen (secondary N) is 9. The number of amides is 8. The fourth-order valence-electron chi connectivity index (χ4n) is 15.3. The van der Waals surface area contributed by atoms with Crippen LogP contribution >= 0.6 is 0 Å². The van der Waals surface area contributed by atoms with Crippen LogP contribution in [0.3, 0.4) is 0 Å². The largest absolute Gasteiger partial charge is 0.355 e. The number of ketones is 8. The summed E-state index contributed by atoms with van der Waals surface area (Å²) in [4.78, 5) is 224. The summed E-state index contributed by atoms with van der Waals surface area (Å²) in [6.07, 6.45) is 21.8. The van der Waals surface area contributed by atoms with E-state index in [9.17, 15) is 76.7 Å². The lowest BCUT2D eigenvalue weighted by Gasteiger charge is -2.08. The number of nitrogens with zero attached hydrogens (tertiary/aromatic N) is 13. The van der Waals surface area contributed by atoms with Crippen LogP contribution in [-0.4, -0.2) is 193 Å². The molecule has 11 aromatic heterocycles. The van der Waals surface area contributed by atoms with Crippen LogP contribution in [0.25, 0.3) is 0 Å². The molecule has 0 fully saturated rings. The van der Waals surface area contributed by atoms with Gasteiger partial charge in [0.05, 0.1) is 51.2 Å². The van der Waals surface area contributed by atoms with Crippen LogP contribution in [0.1, 0.15) is 227 Å². The third-order valence-electron chi connectivity index (χ3n) is 21.6. The van der Waals surface area contributed by atoms with E-state index in [0.717, 1.165) is 19.4 Å². The standard InChI is InChI=1S/C91H108N22O16/c1-54(114)95-81-52-112(12)84(101-81)90(128)98-63-42-75(111(11)51-63)89(127)97-61-40-73(109(9)49-61)87(125)93-27-25-83(123)100-82-53-113(13)85(102-82)91(129)99-62-41-74(110(10)50-62)88(126)96-60-39-67(94-43-60)86(124)92-26-18-22-66(117)30-56-32-71(107(7)45-56)79(121)38-59-35-72(108(8)48-59)80(122)37-58-34-69(105(5)47-58)77(119)24-17-21-65(116)29-55-31-70(106(6)44-55)78(120)36-57-33-68(104(4)46-57)76(118)23-16-20-64(115)19-14-15-28-103(2)3/h31-35,39-53,94H,14-30,36-38H2,1-13H3,(H,92,124)(H,93,125)(H,95,114)(H,96,126)(H,97,127)(H,98,128)(H,99,129)(H,100,123). The summed E-state index contributed by atoms with van der Waals surface area (Å²) in [6, 6.07) is 14.2. The highest BCUT2D eigenvalue weighted by Gasteiger charge is 2.27. The number of carbonyl (C=O) groups is 16. The maximum absolute atomic E-state index is 13.8. The molecule has 0 unspecified atom stereocenters. The molecular weight excluding hydrogens is 1660 g/mol. The second-order valence-corrected chi connectivity index (χ2v) is 32.8. The molecule has 678 valence electrons. The molecule has 11 aromatic rings. The summed E-state index contributed by atoms with van der Waals surface area (Å²) in [5, 5.41) is 21.4.